The monoisotopic (exact) mass is 210 g/mol. The van der Waals surface area contributed by atoms with Gasteiger partial charge in [-0.2, -0.15) is 0 Å². The Morgan fingerprint density at radius 1 is 1.12 bits per heavy atom. The number of fused-ring (bicyclic) bond motifs is 3. The molecule has 0 spiro atoms. The molecule has 2 aromatic heterocycles. The van der Waals surface area contributed by atoms with Crippen LogP contribution in [-0.2, 0) is 0 Å². The fraction of sp³-hybridized carbons (Fsp3) is 0. The lowest BCUT2D eigenvalue weighted by Gasteiger charge is -2.06. The van der Waals surface area contributed by atoms with Crippen LogP contribution >= 0.6 is 0 Å². The summed E-state index contributed by atoms with van der Waals surface area (Å²) in [7, 11) is 0. The maximum Gasteiger partial charge on any atom is 0.249 e. The summed E-state index contributed by atoms with van der Waals surface area (Å²) in [6.45, 7) is 0. The van der Waals surface area contributed by atoms with E-state index in [1.807, 2.05) is 53.1 Å². The number of carbonyl (C=O) groups excluding carboxylic acids is 1. The highest BCUT2D eigenvalue weighted by atomic mass is 16.1. The molecule has 0 saturated carbocycles. The molecule has 0 fully saturated rings. The molecule has 1 aromatic carbocycles. The third-order valence-electron chi connectivity index (χ3n) is 2.79. The number of benzene rings is 1. The number of nitrogens with two attached hydrogens (primary N) is 1. The first-order chi connectivity index (χ1) is 7.77. The van der Waals surface area contributed by atoms with Crippen LogP contribution < -0.4 is 5.73 Å². The molecule has 0 radical (unpaired) electrons. The van der Waals surface area contributed by atoms with Crippen molar-refractivity contribution < 1.29 is 4.79 Å². The summed E-state index contributed by atoms with van der Waals surface area (Å²) in [5, 5.41) is 0.888. The van der Waals surface area contributed by atoms with E-state index in [1.54, 1.807) is 0 Å². The third-order valence-corrected chi connectivity index (χ3v) is 2.79. The Morgan fingerprint density at radius 2 is 1.94 bits per heavy atom. The van der Waals surface area contributed by atoms with Gasteiger partial charge in [-0.3, -0.25) is 4.79 Å². The molecule has 78 valence electrons. The van der Waals surface area contributed by atoms with Crippen LogP contribution in [0.5, 0.6) is 0 Å². The van der Waals surface area contributed by atoms with Crippen LogP contribution in [0.25, 0.3) is 16.4 Å². The second-order valence-corrected chi connectivity index (χ2v) is 3.74. The van der Waals surface area contributed by atoms with Crippen LogP contribution in [0.1, 0.15) is 10.4 Å². The zero-order valence-electron chi connectivity index (χ0n) is 8.55. The Kier molecular flexibility index (Phi) is 1.74. The minimum atomic E-state index is -0.389. The van der Waals surface area contributed by atoms with Gasteiger partial charge in [0.25, 0.3) is 0 Å². The number of primary amides is 1. The standard InChI is InChI=1S/C13H10N2O/c14-13(16)11-8-9-4-3-7-15(9)12-6-2-1-5-10(11)12/h1-8H,(H2,14,16). The van der Waals surface area contributed by atoms with Gasteiger partial charge in [0.1, 0.15) is 0 Å². The van der Waals surface area contributed by atoms with Crippen LogP contribution in [0.4, 0.5) is 0 Å². The zero-order chi connectivity index (χ0) is 11.1. The molecule has 1 amide bonds. The summed E-state index contributed by atoms with van der Waals surface area (Å²) in [5.74, 6) is -0.389. The summed E-state index contributed by atoms with van der Waals surface area (Å²) in [5.41, 5.74) is 7.94. The molecule has 3 heteroatoms. The van der Waals surface area contributed by atoms with Crippen LogP contribution in [0, 0.1) is 0 Å². The van der Waals surface area contributed by atoms with E-state index in [0.29, 0.717) is 5.56 Å². The smallest absolute Gasteiger partial charge is 0.249 e. The van der Waals surface area contributed by atoms with Gasteiger partial charge < -0.3 is 10.1 Å². The number of para-hydroxylation sites is 1. The first-order valence-electron chi connectivity index (χ1n) is 5.06. The predicted molar refractivity (Wildman–Crippen MR) is 63.4 cm³/mol. The van der Waals surface area contributed by atoms with Crippen LogP contribution in [0.15, 0.2) is 48.7 Å². The molecule has 0 aliphatic rings. The highest BCUT2D eigenvalue weighted by Crippen LogP contribution is 2.21. The molecule has 2 heterocycles. The first kappa shape index (κ1) is 8.97. The number of pyridine rings is 1. The second kappa shape index (κ2) is 3.10. The van der Waals surface area contributed by atoms with Gasteiger partial charge in [-0.15, -0.1) is 0 Å². The van der Waals surface area contributed by atoms with Crippen molar-refractivity contribution in [2.24, 2.45) is 5.73 Å². The van der Waals surface area contributed by atoms with Gasteiger partial charge in [-0.1, -0.05) is 18.2 Å². The third kappa shape index (κ3) is 1.11. The van der Waals surface area contributed by atoms with Gasteiger partial charge in [0, 0.05) is 17.1 Å². The molecule has 16 heavy (non-hydrogen) atoms. The predicted octanol–water partition coefficient (Wildman–Crippen LogP) is 2.19. The summed E-state index contributed by atoms with van der Waals surface area (Å²) < 4.78 is 2.04. The Labute approximate surface area is 92.1 Å². The first-order valence-corrected chi connectivity index (χ1v) is 5.06. The van der Waals surface area contributed by atoms with E-state index < -0.39 is 0 Å². The van der Waals surface area contributed by atoms with Crippen molar-refractivity contribution in [3.05, 3.63) is 54.2 Å². The van der Waals surface area contributed by atoms with Crippen molar-refractivity contribution in [2.75, 3.05) is 0 Å². The molecule has 0 aliphatic heterocycles. The average Bonchev–Trinajstić information content (AvgIpc) is 2.75. The maximum absolute atomic E-state index is 11.4. The normalized spacial score (nSPS) is 11.0. The Morgan fingerprint density at radius 3 is 2.75 bits per heavy atom. The number of hydrogen-bond donors (Lipinski definition) is 1. The summed E-state index contributed by atoms with van der Waals surface area (Å²) in [6.07, 6.45) is 1.97. The summed E-state index contributed by atoms with van der Waals surface area (Å²) >= 11 is 0. The van der Waals surface area contributed by atoms with Crippen LogP contribution in [0.2, 0.25) is 0 Å². The van der Waals surface area contributed by atoms with Crippen LogP contribution in [0.3, 0.4) is 0 Å². The molecule has 3 nitrogen and oxygen atoms in total. The highest BCUT2D eigenvalue weighted by Gasteiger charge is 2.09. The van der Waals surface area contributed by atoms with Crippen molar-refractivity contribution >= 4 is 22.3 Å². The topological polar surface area (TPSA) is 47.5 Å². The molecule has 3 aromatic rings. The molecule has 0 atom stereocenters. The largest absolute Gasteiger partial charge is 0.366 e. The minimum Gasteiger partial charge on any atom is -0.366 e. The van der Waals surface area contributed by atoms with E-state index in [9.17, 15) is 4.79 Å². The number of hydrogen-bond acceptors (Lipinski definition) is 1. The van der Waals surface area contributed by atoms with Gasteiger partial charge >= 0.3 is 0 Å². The molecular formula is C13H10N2O. The molecule has 0 saturated heterocycles. The Balaban J connectivity index is 2.60. The van der Waals surface area contributed by atoms with E-state index >= 15 is 0 Å². The number of rotatable bonds is 1. The van der Waals surface area contributed by atoms with Crippen molar-refractivity contribution in [1.82, 2.24) is 4.40 Å². The second-order valence-electron chi connectivity index (χ2n) is 3.74. The van der Waals surface area contributed by atoms with Crippen molar-refractivity contribution in [3.8, 4) is 0 Å². The van der Waals surface area contributed by atoms with Gasteiger partial charge in [0.2, 0.25) is 5.91 Å². The van der Waals surface area contributed by atoms with E-state index in [-0.39, 0.29) is 5.91 Å². The van der Waals surface area contributed by atoms with E-state index in [4.69, 9.17) is 5.73 Å². The molecule has 2 N–H and O–H groups in total. The highest BCUT2D eigenvalue weighted by molar-refractivity contribution is 6.07. The quantitative estimate of drug-likeness (QED) is 0.657. The molecule has 0 unspecified atom stereocenters. The minimum absolute atomic E-state index is 0.389. The lowest BCUT2D eigenvalue weighted by Crippen LogP contribution is -2.12. The molecule has 0 aliphatic carbocycles. The number of carbonyl (C=O) groups is 1. The van der Waals surface area contributed by atoms with E-state index in [1.165, 1.54) is 0 Å². The van der Waals surface area contributed by atoms with Crippen molar-refractivity contribution in [1.29, 1.82) is 0 Å². The van der Waals surface area contributed by atoms with E-state index in [2.05, 4.69) is 0 Å². The van der Waals surface area contributed by atoms with Gasteiger partial charge in [-0.25, -0.2) is 0 Å². The fourth-order valence-corrected chi connectivity index (χ4v) is 2.07. The van der Waals surface area contributed by atoms with Gasteiger partial charge in [0.05, 0.1) is 11.1 Å². The van der Waals surface area contributed by atoms with Gasteiger partial charge in [-0.05, 0) is 24.3 Å². The molecule has 3 rings (SSSR count). The Hall–Kier alpha value is -2.29. The van der Waals surface area contributed by atoms with E-state index in [0.717, 1.165) is 16.4 Å². The van der Waals surface area contributed by atoms with Crippen molar-refractivity contribution in [2.45, 2.75) is 0 Å². The summed E-state index contributed by atoms with van der Waals surface area (Å²) in [6, 6.07) is 13.5. The summed E-state index contributed by atoms with van der Waals surface area (Å²) in [4.78, 5) is 11.4. The number of nitrogens with zero attached hydrogens (tertiary/aromatic N) is 1. The zero-order valence-corrected chi connectivity index (χ0v) is 8.55. The lowest BCUT2D eigenvalue weighted by atomic mass is 10.1. The van der Waals surface area contributed by atoms with Crippen LogP contribution in [-0.4, -0.2) is 10.3 Å². The maximum atomic E-state index is 11.4. The lowest BCUT2D eigenvalue weighted by molar-refractivity contribution is 0.100. The van der Waals surface area contributed by atoms with Crippen molar-refractivity contribution in [3.63, 3.8) is 0 Å². The molecular weight excluding hydrogens is 200 g/mol. The van der Waals surface area contributed by atoms with Gasteiger partial charge in [0.15, 0.2) is 0 Å². The number of aromatic nitrogens is 1. The fourth-order valence-electron chi connectivity index (χ4n) is 2.07. The molecule has 0 bridgehead atoms. The number of amides is 1. The average molecular weight is 210 g/mol. The SMILES string of the molecule is NC(=O)c1cc2cccn2c2ccccc12. The Bertz CT molecular complexity index is 697.